The highest BCUT2D eigenvalue weighted by atomic mass is 35.5. The summed E-state index contributed by atoms with van der Waals surface area (Å²) in [5.41, 5.74) is 0.405. The first-order chi connectivity index (χ1) is 14.6. The second-order valence-electron chi connectivity index (χ2n) is 6.44. The highest BCUT2D eigenvalue weighted by molar-refractivity contribution is 7.92. The van der Waals surface area contributed by atoms with E-state index in [-0.39, 0.29) is 16.3 Å². The lowest BCUT2D eigenvalue weighted by Crippen LogP contribution is -2.18. The summed E-state index contributed by atoms with van der Waals surface area (Å²) in [6.07, 6.45) is 0. The molecule has 8 nitrogen and oxygen atoms in total. The Morgan fingerprint density at radius 2 is 1.68 bits per heavy atom. The van der Waals surface area contributed by atoms with Gasteiger partial charge in [0.05, 0.1) is 15.5 Å². The van der Waals surface area contributed by atoms with E-state index in [9.17, 15) is 23.3 Å². The molecule has 160 valence electrons. The Kier molecular flexibility index (Phi) is 6.49. The highest BCUT2D eigenvalue weighted by Gasteiger charge is 2.30. The zero-order chi connectivity index (χ0) is 22.8. The van der Waals surface area contributed by atoms with Crippen LogP contribution in [0.15, 0.2) is 65.6 Å². The van der Waals surface area contributed by atoms with Crippen LogP contribution in [-0.4, -0.2) is 19.2 Å². The van der Waals surface area contributed by atoms with Crippen molar-refractivity contribution in [1.29, 1.82) is 0 Å². The molecule has 0 heterocycles. The summed E-state index contributed by atoms with van der Waals surface area (Å²) in [6, 6.07) is 14.4. The third-order valence-electron chi connectivity index (χ3n) is 4.27. The van der Waals surface area contributed by atoms with E-state index in [1.54, 1.807) is 31.2 Å². The minimum absolute atomic E-state index is 0.138. The molecule has 2 N–H and O–H groups in total. The number of rotatable bonds is 6. The molecule has 0 aliphatic carbocycles. The maximum atomic E-state index is 12.9. The maximum absolute atomic E-state index is 12.9. The van der Waals surface area contributed by atoms with E-state index in [0.29, 0.717) is 10.7 Å². The summed E-state index contributed by atoms with van der Waals surface area (Å²) in [7, 11) is -4.43. The molecular formula is C20H15Cl2N3O5S. The Bertz CT molecular complexity index is 1280. The van der Waals surface area contributed by atoms with Crippen LogP contribution in [0, 0.1) is 17.0 Å². The molecule has 0 spiro atoms. The average Bonchev–Trinajstić information content (AvgIpc) is 2.70. The minimum Gasteiger partial charge on any atom is -0.322 e. The number of hydrogen-bond donors (Lipinski definition) is 2. The first kappa shape index (κ1) is 22.5. The third kappa shape index (κ3) is 5.13. The molecule has 0 saturated carbocycles. The maximum Gasteiger partial charge on any atom is 0.291 e. The van der Waals surface area contributed by atoms with Gasteiger partial charge in [-0.3, -0.25) is 19.6 Å². The van der Waals surface area contributed by atoms with Gasteiger partial charge in [0.2, 0.25) is 0 Å². The molecule has 0 fully saturated rings. The van der Waals surface area contributed by atoms with E-state index in [2.05, 4.69) is 10.0 Å². The predicted molar refractivity (Wildman–Crippen MR) is 119 cm³/mol. The number of hydrogen-bond acceptors (Lipinski definition) is 5. The molecule has 0 aliphatic heterocycles. The number of halogens is 2. The van der Waals surface area contributed by atoms with E-state index in [0.717, 1.165) is 17.7 Å². The van der Waals surface area contributed by atoms with Crippen molar-refractivity contribution < 1.29 is 18.1 Å². The van der Waals surface area contributed by atoms with Crippen molar-refractivity contribution in [3.8, 4) is 0 Å². The Labute approximate surface area is 188 Å². The van der Waals surface area contributed by atoms with Crippen molar-refractivity contribution >= 4 is 56.2 Å². The molecule has 1 amide bonds. The van der Waals surface area contributed by atoms with Crippen molar-refractivity contribution in [3.63, 3.8) is 0 Å². The summed E-state index contributed by atoms with van der Waals surface area (Å²) in [4.78, 5) is 22.6. The fraction of sp³-hybridized carbons (Fsp3) is 0.0500. The molecule has 0 bridgehead atoms. The molecule has 31 heavy (non-hydrogen) atoms. The van der Waals surface area contributed by atoms with Crippen LogP contribution in [0.1, 0.15) is 15.9 Å². The van der Waals surface area contributed by atoms with Crippen LogP contribution in [0.3, 0.4) is 0 Å². The van der Waals surface area contributed by atoms with Crippen molar-refractivity contribution in [1.82, 2.24) is 0 Å². The van der Waals surface area contributed by atoms with Crippen molar-refractivity contribution in [3.05, 3.63) is 92.0 Å². The molecule has 0 aliphatic rings. The van der Waals surface area contributed by atoms with Gasteiger partial charge in [-0.2, -0.15) is 0 Å². The van der Waals surface area contributed by atoms with Gasteiger partial charge in [0.15, 0.2) is 4.90 Å². The Morgan fingerprint density at radius 1 is 1.03 bits per heavy atom. The van der Waals surface area contributed by atoms with Gasteiger partial charge in [-0.25, -0.2) is 8.42 Å². The standard InChI is InChI=1S/C20H15Cl2N3O5S/c1-12-4-2-3-5-17(12)23-20(26)15-10-19(18(25(27)28)11-16(15)22)31(29,30)24-14-8-6-13(21)7-9-14/h2-11,24H,1H3,(H,23,26). The molecule has 0 radical (unpaired) electrons. The van der Waals surface area contributed by atoms with Gasteiger partial charge < -0.3 is 5.32 Å². The number of carbonyl (C=O) groups excluding carboxylic acids is 1. The smallest absolute Gasteiger partial charge is 0.291 e. The zero-order valence-electron chi connectivity index (χ0n) is 15.9. The molecule has 0 saturated heterocycles. The number of nitro benzene ring substituents is 1. The Hall–Kier alpha value is -3.14. The van der Waals surface area contributed by atoms with Gasteiger partial charge in [-0.15, -0.1) is 0 Å². The number of para-hydroxylation sites is 1. The van der Waals surface area contributed by atoms with Gasteiger partial charge in [-0.1, -0.05) is 41.4 Å². The van der Waals surface area contributed by atoms with Crippen LogP contribution in [0.5, 0.6) is 0 Å². The SMILES string of the molecule is Cc1ccccc1NC(=O)c1cc(S(=O)(=O)Nc2ccc(Cl)cc2)c([N+](=O)[O-])cc1Cl. The second-order valence-corrected chi connectivity index (χ2v) is 8.93. The number of sulfonamides is 1. The molecule has 3 rings (SSSR count). The first-order valence-corrected chi connectivity index (χ1v) is 11.0. The molecular weight excluding hydrogens is 465 g/mol. The lowest BCUT2D eigenvalue weighted by Gasteiger charge is -2.12. The van der Waals surface area contributed by atoms with E-state index in [4.69, 9.17) is 23.2 Å². The number of nitrogens with one attached hydrogen (secondary N) is 2. The molecule has 3 aromatic rings. The van der Waals surface area contributed by atoms with Gasteiger partial charge in [0.1, 0.15) is 0 Å². The van der Waals surface area contributed by atoms with Crippen LogP contribution < -0.4 is 10.0 Å². The molecule has 0 atom stereocenters. The number of carbonyl (C=O) groups is 1. The Balaban J connectivity index is 2.04. The summed E-state index contributed by atoms with van der Waals surface area (Å²) < 4.78 is 28.0. The van der Waals surface area contributed by atoms with Gasteiger partial charge in [-0.05, 0) is 48.9 Å². The molecule has 11 heteroatoms. The van der Waals surface area contributed by atoms with Crippen LogP contribution >= 0.6 is 23.2 Å². The fourth-order valence-corrected chi connectivity index (χ4v) is 4.31. The van der Waals surface area contributed by atoms with E-state index >= 15 is 0 Å². The molecule has 3 aromatic carbocycles. The van der Waals surface area contributed by atoms with Gasteiger partial charge >= 0.3 is 0 Å². The van der Waals surface area contributed by atoms with E-state index in [1.807, 2.05) is 0 Å². The zero-order valence-corrected chi connectivity index (χ0v) is 18.3. The lowest BCUT2D eigenvalue weighted by atomic mass is 10.1. The summed E-state index contributed by atoms with van der Waals surface area (Å²) >= 11 is 11.9. The number of anilines is 2. The summed E-state index contributed by atoms with van der Waals surface area (Å²) in [6.45, 7) is 1.78. The third-order valence-corrected chi connectivity index (χ3v) is 6.24. The number of aryl methyl sites for hydroxylation is 1. The highest BCUT2D eigenvalue weighted by Crippen LogP contribution is 2.32. The number of nitrogens with zero attached hydrogens (tertiary/aromatic N) is 1. The molecule has 0 aromatic heterocycles. The largest absolute Gasteiger partial charge is 0.322 e. The van der Waals surface area contributed by atoms with E-state index in [1.165, 1.54) is 24.3 Å². The number of amides is 1. The lowest BCUT2D eigenvalue weighted by molar-refractivity contribution is -0.387. The van der Waals surface area contributed by atoms with Gasteiger partial charge in [0.25, 0.3) is 21.6 Å². The topological polar surface area (TPSA) is 118 Å². The number of nitro groups is 1. The summed E-state index contributed by atoms with van der Waals surface area (Å²) in [5.74, 6) is -0.711. The quantitative estimate of drug-likeness (QED) is 0.368. The average molecular weight is 480 g/mol. The van der Waals surface area contributed by atoms with Crippen molar-refractivity contribution in [2.45, 2.75) is 11.8 Å². The van der Waals surface area contributed by atoms with Crippen molar-refractivity contribution in [2.75, 3.05) is 10.0 Å². The second kappa shape index (κ2) is 8.93. The molecule has 0 unspecified atom stereocenters. The fourth-order valence-electron chi connectivity index (χ4n) is 2.71. The van der Waals surface area contributed by atoms with Crippen LogP contribution in [0.2, 0.25) is 10.0 Å². The minimum atomic E-state index is -4.43. The van der Waals surface area contributed by atoms with Crippen LogP contribution in [0.4, 0.5) is 17.1 Å². The van der Waals surface area contributed by atoms with Gasteiger partial charge in [0, 0.05) is 22.5 Å². The first-order valence-electron chi connectivity index (χ1n) is 8.72. The normalized spacial score (nSPS) is 11.1. The predicted octanol–water partition coefficient (Wildman–Crippen LogP) is 5.26. The number of benzene rings is 3. The Morgan fingerprint density at radius 3 is 2.29 bits per heavy atom. The van der Waals surface area contributed by atoms with Crippen LogP contribution in [-0.2, 0) is 10.0 Å². The van der Waals surface area contributed by atoms with Crippen LogP contribution in [0.25, 0.3) is 0 Å². The van der Waals surface area contributed by atoms with E-state index < -0.39 is 31.4 Å². The monoisotopic (exact) mass is 479 g/mol. The summed E-state index contributed by atoms with van der Waals surface area (Å²) in [5, 5.41) is 14.2. The van der Waals surface area contributed by atoms with Crippen molar-refractivity contribution in [2.24, 2.45) is 0 Å².